The largest absolute Gasteiger partial charge is 0.394 e. The van der Waals surface area contributed by atoms with Crippen LogP contribution >= 0.6 is 0 Å². The Bertz CT molecular complexity index is 1970. The number of hydrogen-bond acceptors (Lipinski definition) is 13. The number of hydrogen-bond donors (Lipinski definition) is 9. The summed E-state index contributed by atoms with van der Waals surface area (Å²) in [5, 5.41) is 87.6. The van der Waals surface area contributed by atoms with Crippen molar-refractivity contribution in [2.24, 2.45) is 0 Å². The summed E-state index contributed by atoms with van der Waals surface area (Å²) in [7, 11) is 0. The maximum Gasteiger partial charge on any atom is 0.220 e. The van der Waals surface area contributed by atoms with E-state index >= 15 is 0 Å². The smallest absolute Gasteiger partial charge is 0.220 e. The van der Waals surface area contributed by atoms with E-state index in [1.165, 1.54) is 205 Å². The number of ether oxygens (including phenoxy) is 4. The van der Waals surface area contributed by atoms with Crippen molar-refractivity contribution in [3.63, 3.8) is 0 Å². The molecular formula is C81H143NO13. The Morgan fingerprint density at radius 2 is 0.726 bits per heavy atom. The summed E-state index contributed by atoms with van der Waals surface area (Å²) in [5.41, 5.74) is 0. The van der Waals surface area contributed by atoms with Gasteiger partial charge in [-0.25, -0.2) is 0 Å². The third kappa shape index (κ3) is 47.6. The van der Waals surface area contributed by atoms with Crippen LogP contribution in [0.2, 0.25) is 0 Å². The summed E-state index contributed by atoms with van der Waals surface area (Å²) in [6.07, 6.45) is 74.7. The van der Waals surface area contributed by atoms with E-state index in [-0.39, 0.29) is 18.9 Å². The molecule has 2 saturated heterocycles. The van der Waals surface area contributed by atoms with Gasteiger partial charge in [0.2, 0.25) is 5.91 Å². The quantitative estimate of drug-likeness (QED) is 0.0204. The molecule has 0 aromatic heterocycles. The van der Waals surface area contributed by atoms with Crippen LogP contribution in [0.25, 0.3) is 0 Å². The Kier molecular flexibility index (Phi) is 59.6. The number of nitrogens with one attached hydrogen (secondary N) is 1. The predicted molar refractivity (Wildman–Crippen MR) is 392 cm³/mol. The van der Waals surface area contributed by atoms with E-state index in [9.17, 15) is 45.6 Å². The van der Waals surface area contributed by atoms with Crippen LogP contribution in [0.1, 0.15) is 316 Å². The number of carbonyl (C=O) groups excluding carboxylic acids is 1. The molecule has 2 heterocycles. The van der Waals surface area contributed by atoms with Gasteiger partial charge in [0.05, 0.1) is 32.0 Å². The first-order valence-corrected chi connectivity index (χ1v) is 39.0. The first-order valence-electron chi connectivity index (χ1n) is 39.0. The second-order valence-corrected chi connectivity index (χ2v) is 27.1. The van der Waals surface area contributed by atoms with Crippen LogP contribution < -0.4 is 5.32 Å². The van der Waals surface area contributed by atoms with Crippen LogP contribution in [0.5, 0.6) is 0 Å². The van der Waals surface area contributed by atoms with Crippen LogP contribution in [-0.2, 0) is 23.7 Å². The van der Waals surface area contributed by atoms with Crippen molar-refractivity contribution in [3.05, 3.63) is 97.2 Å². The molecule has 0 aromatic carbocycles. The highest BCUT2D eigenvalue weighted by Gasteiger charge is 2.51. The highest BCUT2D eigenvalue weighted by atomic mass is 16.7. The predicted octanol–water partition coefficient (Wildman–Crippen LogP) is 17.3. The van der Waals surface area contributed by atoms with Crippen molar-refractivity contribution in [1.29, 1.82) is 0 Å². The minimum atomic E-state index is -1.79. The first kappa shape index (κ1) is 88.0. The van der Waals surface area contributed by atoms with Crippen molar-refractivity contribution in [1.82, 2.24) is 5.32 Å². The molecule has 0 aliphatic carbocycles. The molecule has 12 unspecified atom stereocenters. The van der Waals surface area contributed by atoms with Gasteiger partial charge in [-0.1, -0.05) is 329 Å². The first-order chi connectivity index (χ1) is 46.6. The molecule has 14 heteroatoms. The van der Waals surface area contributed by atoms with E-state index in [4.69, 9.17) is 18.9 Å². The zero-order valence-electron chi connectivity index (χ0n) is 60.1. The lowest BCUT2D eigenvalue weighted by molar-refractivity contribution is -0.359. The SMILES string of the molecule is CC/C=C\C/C=C\C/C=C\C/C=C\C/C=C\C/C=C\C/C=C\CCCCCCCCCCCCCCCCCC(=O)NC(COC1OC(CO)C(OC2OC(CO)C(O)C(O)C2O)C(O)C1O)C(O)/C=C/CCCCCCCCCCCCCCCCCCCCCCCC. The molecule has 1 amide bonds. The lowest BCUT2D eigenvalue weighted by Crippen LogP contribution is -2.65. The Morgan fingerprint density at radius 3 is 1.12 bits per heavy atom. The topological polar surface area (TPSA) is 228 Å². The summed E-state index contributed by atoms with van der Waals surface area (Å²) in [6, 6.07) is -0.921. The van der Waals surface area contributed by atoms with E-state index < -0.39 is 86.8 Å². The van der Waals surface area contributed by atoms with Crippen LogP contribution in [-0.4, -0.2) is 140 Å². The minimum Gasteiger partial charge on any atom is -0.394 e. The lowest BCUT2D eigenvalue weighted by atomic mass is 9.97. The Balaban J connectivity index is 1.62. The fourth-order valence-corrected chi connectivity index (χ4v) is 12.4. The maximum atomic E-state index is 13.4. The summed E-state index contributed by atoms with van der Waals surface area (Å²) in [4.78, 5) is 13.4. The molecule has 95 heavy (non-hydrogen) atoms. The van der Waals surface area contributed by atoms with Gasteiger partial charge in [-0.15, -0.1) is 0 Å². The average Bonchev–Trinajstić information content (AvgIpc) is 0.927. The molecule has 2 rings (SSSR count). The molecule has 0 saturated carbocycles. The average molecular weight is 1340 g/mol. The molecule has 550 valence electrons. The second kappa shape index (κ2) is 64.3. The van der Waals surface area contributed by atoms with Crippen molar-refractivity contribution in [2.75, 3.05) is 19.8 Å². The highest BCUT2D eigenvalue weighted by molar-refractivity contribution is 5.76. The molecule has 2 aliphatic rings. The fraction of sp³-hybridized carbons (Fsp3) is 0.790. The number of allylic oxidation sites excluding steroid dienone is 15. The lowest BCUT2D eigenvalue weighted by Gasteiger charge is -2.46. The third-order valence-corrected chi connectivity index (χ3v) is 18.5. The number of aliphatic hydroxyl groups excluding tert-OH is 8. The zero-order chi connectivity index (χ0) is 68.7. The van der Waals surface area contributed by atoms with E-state index in [0.717, 1.165) is 83.5 Å². The van der Waals surface area contributed by atoms with Gasteiger partial charge in [0.1, 0.15) is 48.8 Å². The molecule has 9 N–H and O–H groups in total. The molecule has 2 fully saturated rings. The molecule has 0 bridgehead atoms. The van der Waals surface area contributed by atoms with Gasteiger partial charge in [-0.2, -0.15) is 0 Å². The van der Waals surface area contributed by atoms with E-state index in [1.807, 2.05) is 6.08 Å². The van der Waals surface area contributed by atoms with Gasteiger partial charge < -0.3 is 65.1 Å². The number of carbonyl (C=O) groups is 1. The molecule has 2 aliphatic heterocycles. The van der Waals surface area contributed by atoms with Gasteiger partial charge in [0.25, 0.3) is 0 Å². The van der Waals surface area contributed by atoms with Crippen molar-refractivity contribution in [3.8, 4) is 0 Å². The summed E-state index contributed by atoms with van der Waals surface area (Å²) < 4.78 is 22.9. The molecule has 0 radical (unpaired) electrons. The fourth-order valence-electron chi connectivity index (χ4n) is 12.4. The monoisotopic (exact) mass is 1340 g/mol. The van der Waals surface area contributed by atoms with E-state index in [2.05, 4.69) is 104 Å². The summed E-state index contributed by atoms with van der Waals surface area (Å²) >= 11 is 0. The van der Waals surface area contributed by atoms with Gasteiger partial charge in [-0.3, -0.25) is 4.79 Å². The molecular weight excluding hydrogens is 1190 g/mol. The third-order valence-electron chi connectivity index (χ3n) is 18.5. The highest BCUT2D eigenvalue weighted by Crippen LogP contribution is 2.30. The van der Waals surface area contributed by atoms with Crippen LogP contribution in [0, 0.1) is 0 Å². The standard InChI is InChI=1S/C81H143NO13/c1-3-5-7-9-11-13-15-17-19-21-23-25-27-29-30-31-32-33-34-35-36-37-38-39-40-41-43-45-47-49-51-53-55-57-59-61-63-65-73(86)82-69(68-92-80-78(91)76(89)79(72(67-84)94-80)95-81-77(90)75(88)74(87)71(66-83)93-81)70(85)64-62-60-58-56-54-52-50-48-46-44-42-28-26-24-22-20-18-16-14-12-10-8-6-4-2/h5,7,11,13,17,19,23,25,29-30,32-33,35-36,62,64,69-72,74-81,83-85,87-91H,3-4,6,8-10,12,14-16,18,20-22,24,26-28,31,34,37-61,63,65-68H2,1-2H3,(H,82,86)/b7-5-,13-11-,19-17-,25-23-,30-29-,33-32-,36-35-,64-62+. The summed E-state index contributed by atoms with van der Waals surface area (Å²) in [6.45, 7) is 2.72. The van der Waals surface area contributed by atoms with Gasteiger partial charge >= 0.3 is 0 Å². The molecule has 12 atom stereocenters. The number of aliphatic hydroxyl groups is 8. The Hall–Kier alpha value is -3.09. The van der Waals surface area contributed by atoms with Crippen molar-refractivity contribution in [2.45, 2.75) is 389 Å². The van der Waals surface area contributed by atoms with E-state index in [1.54, 1.807) is 6.08 Å². The van der Waals surface area contributed by atoms with Gasteiger partial charge in [-0.05, 0) is 77.0 Å². The van der Waals surface area contributed by atoms with Gasteiger partial charge in [0.15, 0.2) is 12.6 Å². The van der Waals surface area contributed by atoms with Gasteiger partial charge in [0, 0.05) is 6.42 Å². The second-order valence-electron chi connectivity index (χ2n) is 27.1. The van der Waals surface area contributed by atoms with Crippen LogP contribution in [0.4, 0.5) is 0 Å². The molecule has 0 spiro atoms. The van der Waals surface area contributed by atoms with Crippen LogP contribution in [0.3, 0.4) is 0 Å². The number of rotatable bonds is 64. The number of unbranched alkanes of at least 4 members (excludes halogenated alkanes) is 37. The Morgan fingerprint density at radius 1 is 0.389 bits per heavy atom. The number of amides is 1. The van der Waals surface area contributed by atoms with Crippen LogP contribution in [0.15, 0.2) is 97.2 Å². The Labute approximate surface area is 579 Å². The maximum absolute atomic E-state index is 13.4. The molecule has 14 nitrogen and oxygen atoms in total. The summed E-state index contributed by atoms with van der Waals surface area (Å²) in [5.74, 6) is -0.238. The zero-order valence-corrected chi connectivity index (χ0v) is 60.1. The van der Waals surface area contributed by atoms with Crippen molar-refractivity contribution < 1.29 is 64.6 Å². The van der Waals surface area contributed by atoms with Crippen molar-refractivity contribution >= 4 is 5.91 Å². The molecule has 0 aromatic rings. The van der Waals surface area contributed by atoms with E-state index in [0.29, 0.717) is 6.42 Å². The minimum absolute atomic E-state index is 0.238. The normalized spacial score (nSPS) is 22.9.